The Morgan fingerprint density at radius 1 is 0.886 bits per heavy atom. The third kappa shape index (κ3) is 5.77. The minimum absolute atomic E-state index is 0.104. The second-order valence-electron chi connectivity index (χ2n) is 7.87. The first-order valence-electron chi connectivity index (χ1n) is 11.0. The Kier molecular flexibility index (Phi) is 7.27. The van der Waals surface area contributed by atoms with Gasteiger partial charge in [0.25, 0.3) is 5.91 Å². The SMILES string of the molecule is Cc1ccccc1C(=O)NNc1ncnc(N(Cc2ccccc2)Cc2ccccc2)c1[N+](=O)[O-]. The van der Waals surface area contributed by atoms with Gasteiger partial charge in [0, 0.05) is 18.7 Å². The van der Waals surface area contributed by atoms with Crippen LogP contribution in [-0.4, -0.2) is 20.8 Å². The molecule has 35 heavy (non-hydrogen) atoms. The van der Waals surface area contributed by atoms with Gasteiger partial charge >= 0.3 is 5.69 Å². The van der Waals surface area contributed by atoms with E-state index in [0.29, 0.717) is 18.7 Å². The predicted molar refractivity (Wildman–Crippen MR) is 134 cm³/mol. The fourth-order valence-corrected chi connectivity index (χ4v) is 3.68. The van der Waals surface area contributed by atoms with Crippen LogP contribution in [-0.2, 0) is 13.1 Å². The molecule has 0 saturated carbocycles. The number of aromatic nitrogens is 2. The lowest BCUT2D eigenvalue weighted by molar-refractivity contribution is -0.383. The van der Waals surface area contributed by atoms with Gasteiger partial charge in [-0.2, -0.15) is 0 Å². The van der Waals surface area contributed by atoms with Gasteiger partial charge in [0.05, 0.1) is 4.92 Å². The summed E-state index contributed by atoms with van der Waals surface area (Å²) in [5.74, 6) is -0.388. The number of anilines is 2. The van der Waals surface area contributed by atoms with Gasteiger partial charge in [0.1, 0.15) is 6.33 Å². The standard InChI is InChI=1S/C26H24N6O3/c1-19-10-8-9-15-22(19)26(33)30-29-24-23(32(34)35)25(28-18-27-24)31(16-20-11-4-2-5-12-20)17-21-13-6-3-7-14-21/h2-15,18H,16-17H2,1H3,(H,30,33)(H,27,28,29). The number of aryl methyl sites for hydroxylation is 1. The molecule has 0 spiro atoms. The lowest BCUT2D eigenvalue weighted by Crippen LogP contribution is -2.31. The smallest absolute Gasteiger partial charge is 0.342 e. The van der Waals surface area contributed by atoms with E-state index in [1.807, 2.05) is 84.6 Å². The van der Waals surface area contributed by atoms with Crippen LogP contribution in [0.25, 0.3) is 0 Å². The highest BCUT2D eigenvalue weighted by atomic mass is 16.6. The van der Waals surface area contributed by atoms with E-state index in [0.717, 1.165) is 16.7 Å². The molecule has 2 N–H and O–H groups in total. The maximum atomic E-state index is 12.6. The molecule has 9 nitrogen and oxygen atoms in total. The third-order valence-electron chi connectivity index (χ3n) is 5.40. The molecule has 0 aliphatic carbocycles. The van der Waals surface area contributed by atoms with Gasteiger partial charge in [0.2, 0.25) is 11.6 Å². The monoisotopic (exact) mass is 468 g/mol. The fraction of sp³-hybridized carbons (Fsp3) is 0.115. The maximum Gasteiger partial charge on any atom is 0.355 e. The number of nitrogens with one attached hydrogen (secondary N) is 2. The van der Waals surface area contributed by atoms with Crippen molar-refractivity contribution in [2.75, 3.05) is 10.3 Å². The average molecular weight is 469 g/mol. The Hall–Kier alpha value is -4.79. The molecule has 0 radical (unpaired) electrons. The number of carbonyl (C=O) groups excluding carboxylic acids is 1. The maximum absolute atomic E-state index is 12.6. The first-order chi connectivity index (χ1) is 17.0. The molecule has 0 atom stereocenters. The summed E-state index contributed by atoms with van der Waals surface area (Å²) < 4.78 is 0. The Morgan fingerprint density at radius 2 is 1.46 bits per heavy atom. The molecule has 0 aliphatic rings. The van der Waals surface area contributed by atoms with Crippen molar-refractivity contribution < 1.29 is 9.72 Å². The number of benzene rings is 3. The van der Waals surface area contributed by atoms with Crippen molar-refractivity contribution >= 4 is 23.2 Å². The van der Waals surface area contributed by atoms with Crippen molar-refractivity contribution in [1.82, 2.24) is 15.4 Å². The molecular formula is C26H24N6O3. The summed E-state index contributed by atoms with van der Waals surface area (Å²) in [5, 5.41) is 12.2. The van der Waals surface area contributed by atoms with Gasteiger partial charge in [-0.05, 0) is 29.7 Å². The molecular weight excluding hydrogens is 444 g/mol. The topological polar surface area (TPSA) is 113 Å². The molecule has 0 saturated heterocycles. The van der Waals surface area contributed by atoms with Gasteiger partial charge in [-0.25, -0.2) is 9.97 Å². The van der Waals surface area contributed by atoms with Gasteiger partial charge in [-0.1, -0.05) is 78.9 Å². The highest BCUT2D eigenvalue weighted by molar-refractivity contribution is 5.96. The highest BCUT2D eigenvalue weighted by Gasteiger charge is 2.28. The molecule has 0 bridgehead atoms. The van der Waals surface area contributed by atoms with E-state index in [9.17, 15) is 14.9 Å². The van der Waals surface area contributed by atoms with Crippen LogP contribution in [0.1, 0.15) is 27.0 Å². The van der Waals surface area contributed by atoms with Gasteiger partial charge in [0.15, 0.2) is 0 Å². The number of hydrogen-bond acceptors (Lipinski definition) is 7. The third-order valence-corrected chi connectivity index (χ3v) is 5.40. The Balaban J connectivity index is 1.66. The van der Waals surface area contributed by atoms with Crippen LogP contribution < -0.4 is 15.8 Å². The van der Waals surface area contributed by atoms with Crippen molar-refractivity contribution in [3.8, 4) is 0 Å². The molecule has 1 amide bonds. The summed E-state index contributed by atoms with van der Waals surface area (Å²) in [7, 11) is 0. The minimum atomic E-state index is -0.541. The molecule has 1 heterocycles. The second-order valence-corrected chi connectivity index (χ2v) is 7.87. The predicted octanol–water partition coefficient (Wildman–Crippen LogP) is 4.66. The van der Waals surface area contributed by atoms with E-state index < -0.39 is 10.8 Å². The molecule has 9 heteroatoms. The molecule has 1 aromatic heterocycles. The molecule has 0 fully saturated rings. The van der Waals surface area contributed by atoms with E-state index in [1.54, 1.807) is 12.1 Å². The van der Waals surface area contributed by atoms with Crippen molar-refractivity contribution in [1.29, 1.82) is 0 Å². The Bertz CT molecular complexity index is 1270. The molecule has 176 valence electrons. The van der Waals surface area contributed by atoms with Crippen molar-refractivity contribution in [2.24, 2.45) is 0 Å². The largest absolute Gasteiger partial charge is 0.355 e. The zero-order chi connectivity index (χ0) is 24.6. The van der Waals surface area contributed by atoms with Crippen LogP contribution >= 0.6 is 0 Å². The summed E-state index contributed by atoms with van der Waals surface area (Å²) in [4.78, 5) is 34.4. The van der Waals surface area contributed by atoms with Crippen molar-refractivity contribution in [2.45, 2.75) is 20.0 Å². The first kappa shape index (κ1) is 23.4. The summed E-state index contributed by atoms with van der Waals surface area (Å²) in [6.07, 6.45) is 1.24. The van der Waals surface area contributed by atoms with E-state index in [-0.39, 0.29) is 17.3 Å². The highest BCUT2D eigenvalue weighted by Crippen LogP contribution is 2.33. The normalized spacial score (nSPS) is 10.4. The lowest BCUT2D eigenvalue weighted by Gasteiger charge is -2.24. The molecule has 0 aliphatic heterocycles. The number of amides is 1. The quantitative estimate of drug-likeness (QED) is 0.271. The zero-order valence-electron chi connectivity index (χ0n) is 19.1. The number of carbonyl (C=O) groups is 1. The summed E-state index contributed by atoms with van der Waals surface area (Å²) >= 11 is 0. The number of hydrazine groups is 1. The van der Waals surface area contributed by atoms with Gasteiger partial charge in [-0.3, -0.25) is 25.8 Å². The van der Waals surface area contributed by atoms with E-state index >= 15 is 0 Å². The van der Waals surface area contributed by atoms with Crippen LogP contribution in [0.3, 0.4) is 0 Å². The number of rotatable bonds is 9. The molecule has 4 aromatic rings. The molecule has 4 rings (SSSR count). The summed E-state index contributed by atoms with van der Waals surface area (Å²) in [6.45, 7) is 2.59. The second kappa shape index (κ2) is 10.9. The van der Waals surface area contributed by atoms with Crippen LogP contribution in [0.5, 0.6) is 0 Å². The Labute approximate surface area is 202 Å². The van der Waals surface area contributed by atoms with Crippen LogP contribution in [0.4, 0.5) is 17.3 Å². The van der Waals surface area contributed by atoms with E-state index in [1.165, 1.54) is 6.33 Å². The fourth-order valence-electron chi connectivity index (χ4n) is 3.68. The molecule has 0 unspecified atom stereocenters. The summed E-state index contributed by atoms with van der Waals surface area (Å²) in [6, 6.07) is 26.4. The first-order valence-corrected chi connectivity index (χ1v) is 11.0. The van der Waals surface area contributed by atoms with Crippen LogP contribution in [0, 0.1) is 17.0 Å². The van der Waals surface area contributed by atoms with Crippen LogP contribution in [0.15, 0.2) is 91.3 Å². The Morgan fingerprint density at radius 3 is 2.03 bits per heavy atom. The van der Waals surface area contributed by atoms with Gasteiger partial charge in [-0.15, -0.1) is 0 Å². The number of hydrogen-bond donors (Lipinski definition) is 2. The van der Waals surface area contributed by atoms with E-state index in [2.05, 4.69) is 20.8 Å². The van der Waals surface area contributed by atoms with E-state index in [4.69, 9.17) is 0 Å². The summed E-state index contributed by atoms with van der Waals surface area (Å²) in [5.41, 5.74) is 7.98. The molecule has 3 aromatic carbocycles. The zero-order valence-corrected chi connectivity index (χ0v) is 19.1. The minimum Gasteiger partial charge on any atom is -0.342 e. The van der Waals surface area contributed by atoms with Crippen LogP contribution in [0.2, 0.25) is 0 Å². The number of nitro groups is 1. The van der Waals surface area contributed by atoms with Gasteiger partial charge < -0.3 is 4.90 Å². The average Bonchev–Trinajstić information content (AvgIpc) is 2.88. The number of nitrogens with zero attached hydrogens (tertiary/aromatic N) is 4. The van der Waals surface area contributed by atoms with Crippen molar-refractivity contribution in [3.63, 3.8) is 0 Å². The lowest BCUT2D eigenvalue weighted by atomic mass is 10.1. The van der Waals surface area contributed by atoms with Crippen molar-refractivity contribution in [3.05, 3.63) is 124 Å².